The van der Waals surface area contributed by atoms with Crippen molar-refractivity contribution in [3.8, 4) is 0 Å². The predicted molar refractivity (Wildman–Crippen MR) is 83.4 cm³/mol. The summed E-state index contributed by atoms with van der Waals surface area (Å²) in [7, 11) is 0. The molecule has 2 N–H and O–H groups in total. The maximum Gasteiger partial charge on any atom is 0.335 e. The highest BCUT2D eigenvalue weighted by Gasteiger charge is 2.13. The van der Waals surface area contributed by atoms with E-state index in [9.17, 15) is 19.7 Å². The molecular weight excluding hydrogens is 300 g/mol. The van der Waals surface area contributed by atoms with Gasteiger partial charge in [-0.1, -0.05) is 24.3 Å². The fourth-order valence-corrected chi connectivity index (χ4v) is 2.10. The third-order valence-corrected chi connectivity index (χ3v) is 3.20. The molecule has 2 aromatic rings. The average molecular weight is 314 g/mol. The molecule has 0 aliphatic carbocycles. The molecule has 0 saturated carbocycles. The molecule has 0 unspecified atom stereocenters. The topological polar surface area (TPSA) is 110 Å². The number of hydrogen-bond acceptors (Lipinski definition) is 4. The molecule has 23 heavy (non-hydrogen) atoms. The number of carboxylic acids is 1. The molecule has 0 heterocycles. The number of para-hydroxylation sites is 1. The van der Waals surface area contributed by atoms with Gasteiger partial charge in [0.25, 0.3) is 5.69 Å². The first-order chi connectivity index (χ1) is 11.0. The third kappa shape index (κ3) is 4.37. The minimum absolute atomic E-state index is 0.0202. The molecule has 0 radical (unpaired) electrons. The predicted octanol–water partition coefficient (Wildman–Crippen LogP) is 2.86. The van der Waals surface area contributed by atoms with Crippen molar-refractivity contribution < 1.29 is 19.6 Å². The number of carbonyl (C=O) groups is 2. The molecule has 1 amide bonds. The Bertz CT molecular complexity index is 758. The summed E-state index contributed by atoms with van der Waals surface area (Å²) in [5.41, 5.74) is 0.902. The van der Waals surface area contributed by atoms with Crippen LogP contribution >= 0.6 is 0 Å². The van der Waals surface area contributed by atoms with Crippen molar-refractivity contribution >= 4 is 23.3 Å². The van der Waals surface area contributed by atoms with Gasteiger partial charge < -0.3 is 10.4 Å². The van der Waals surface area contributed by atoms with Crippen molar-refractivity contribution in [2.45, 2.75) is 12.8 Å². The summed E-state index contributed by atoms with van der Waals surface area (Å²) in [6.45, 7) is 0. The summed E-state index contributed by atoms with van der Waals surface area (Å²) in [6.07, 6.45) is 0.282. The first-order valence-corrected chi connectivity index (χ1v) is 6.83. The molecule has 7 nitrogen and oxygen atoms in total. The fraction of sp³-hybridized carbons (Fsp3) is 0.125. The van der Waals surface area contributed by atoms with Crippen LogP contribution in [0.1, 0.15) is 22.3 Å². The smallest absolute Gasteiger partial charge is 0.335 e. The second kappa shape index (κ2) is 7.17. The number of anilines is 1. The Hall–Kier alpha value is -3.22. The van der Waals surface area contributed by atoms with Crippen molar-refractivity contribution in [3.05, 3.63) is 69.8 Å². The lowest BCUT2D eigenvalue weighted by Crippen LogP contribution is -2.13. The van der Waals surface area contributed by atoms with Crippen LogP contribution in [0.4, 0.5) is 11.4 Å². The second-order valence-corrected chi connectivity index (χ2v) is 4.82. The Morgan fingerprint density at radius 2 is 1.87 bits per heavy atom. The fourth-order valence-electron chi connectivity index (χ4n) is 2.10. The lowest BCUT2D eigenvalue weighted by atomic mass is 10.1. The van der Waals surface area contributed by atoms with Gasteiger partial charge in [0.15, 0.2) is 0 Å². The average Bonchev–Trinajstić information content (AvgIpc) is 2.53. The highest BCUT2D eigenvalue weighted by atomic mass is 16.6. The Morgan fingerprint density at radius 3 is 2.57 bits per heavy atom. The summed E-state index contributed by atoms with van der Waals surface area (Å²) in [4.78, 5) is 33.2. The third-order valence-electron chi connectivity index (χ3n) is 3.20. The number of amides is 1. The number of nitro groups is 1. The van der Waals surface area contributed by atoms with Crippen LogP contribution in [0.2, 0.25) is 0 Å². The normalized spacial score (nSPS) is 10.1. The van der Waals surface area contributed by atoms with Gasteiger partial charge in [-0.15, -0.1) is 0 Å². The number of carboxylic acid groups (broad SMARTS) is 1. The highest BCUT2D eigenvalue weighted by Crippen LogP contribution is 2.19. The SMILES string of the molecule is O=C(CCc1ccccc1[N+](=O)[O-])Nc1cccc(C(=O)O)c1. The molecule has 2 rings (SSSR count). The van der Waals surface area contributed by atoms with E-state index in [1.807, 2.05) is 0 Å². The molecule has 0 atom stereocenters. The van der Waals surface area contributed by atoms with Gasteiger partial charge in [-0.25, -0.2) is 4.79 Å². The number of benzene rings is 2. The van der Waals surface area contributed by atoms with Crippen molar-refractivity contribution in [1.82, 2.24) is 0 Å². The Kier molecular flexibility index (Phi) is 5.03. The summed E-state index contributed by atoms with van der Waals surface area (Å²) in [5, 5.41) is 22.4. The van der Waals surface area contributed by atoms with Crippen LogP contribution in [0.3, 0.4) is 0 Å². The minimum Gasteiger partial charge on any atom is -0.478 e. The Morgan fingerprint density at radius 1 is 1.13 bits per heavy atom. The van der Waals surface area contributed by atoms with Gasteiger partial charge >= 0.3 is 5.97 Å². The van der Waals surface area contributed by atoms with Crippen molar-refractivity contribution in [2.24, 2.45) is 0 Å². The molecule has 0 bridgehead atoms. The first-order valence-electron chi connectivity index (χ1n) is 6.83. The van der Waals surface area contributed by atoms with Gasteiger partial charge in [0.2, 0.25) is 5.91 Å². The molecule has 0 fully saturated rings. The van der Waals surface area contributed by atoms with Crippen LogP contribution in [0.5, 0.6) is 0 Å². The largest absolute Gasteiger partial charge is 0.478 e. The summed E-state index contributed by atoms with van der Waals surface area (Å²) >= 11 is 0. The van der Waals surface area contributed by atoms with E-state index in [-0.39, 0.29) is 30.0 Å². The Labute approximate surface area is 131 Å². The number of aryl methyl sites for hydroxylation is 1. The second-order valence-electron chi connectivity index (χ2n) is 4.82. The summed E-state index contributed by atoms with van der Waals surface area (Å²) in [5.74, 6) is -1.42. The number of aromatic carboxylic acids is 1. The van der Waals surface area contributed by atoms with Crippen LogP contribution in [0.25, 0.3) is 0 Å². The number of nitrogens with zero attached hydrogens (tertiary/aromatic N) is 1. The van der Waals surface area contributed by atoms with Crippen molar-refractivity contribution in [3.63, 3.8) is 0 Å². The van der Waals surface area contributed by atoms with E-state index in [2.05, 4.69) is 5.32 Å². The molecule has 0 aliphatic heterocycles. The molecule has 2 aromatic carbocycles. The standard InChI is InChI=1S/C16H14N2O5/c19-15(17-13-6-3-5-12(10-13)16(20)21)9-8-11-4-1-2-7-14(11)18(22)23/h1-7,10H,8-9H2,(H,17,19)(H,20,21). The van der Waals surface area contributed by atoms with Crippen LogP contribution in [-0.2, 0) is 11.2 Å². The first kappa shape index (κ1) is 16.2. The number of hydrogen-bond donors (Lipinski definition) is 2. The van der Waals surface area contributed by atoms with Crippen LogP contribution in [0, 0.1) is 10.1 Å². The minimum atomic E-state index is -1.08. The molecular formula is C16H14N2O5. The number of nitro benzene ring substituents is 1. The van der Waals surface area contributed by atoms with Gasteiger partial charge in [0.05, 0.1) is 10.5 Å². The monoisotopic (exact) mass is 314 g/mol. The summed E-state index contributed by atoms with van der Waals surface area (Å²) < 4.78 is 0. The molecule has 118 valence electrons. The molecule has 0 saturated heterocycles. The van der Waals surface area contributed by atoms with E-state index >= 15 is 0 Å². The lowest BCUT2D eigenvalue weighted by molar-refractivity contribution is -0.385. The highest BCUT2D eigenvalue weighted by molar-refractivity contribution is 5.93. The van der Waals surface area contributed by atoms with E-state index in [4.69, 9.17) is 5.11 Å². The van der Waals surface area contributed by atoms with Gasteiger partial charge in [-0.3, -0.25) is 14.9 Å². The zero-order valence-electron chi connectivity index (χ0n) is 12.1. The molecule has 0 spiro atoms. The van der Waals surface area contributed by atoms with E-state index in [0.717, 1.165) is 0 Å². The van der Waals surface area contributed by atoms with E-state index in [1.165, 1.54) is 24.3 Å². The van der Waals surface area contributed by atoms with Gasteiger partial charge in [0, 0.05) is 23.7 Å². The van der Waals surface area contributed by atoms with Crippen LogP contribution < -0.4 is 5.32 Å². The van der Waals surface area contributed by atoms with Crippen molar-refractivity contribution in [1.29, 1.82) is 0 Å². The van der Waals surface area contributed by atoms with Crippen LogP contribution in [0.15, 0.2) is 48.5 Å². The van der Waals surface area contributed by atoms with E-state index in [0.29, 0.717) is 11.3 Å². The van der Waals surface area contributed by atoms with Gasteiger partial charge in [-0.05, 0) is 24.6 Å². The molecule has 0 aromatic heterocycles. The molecule has 7 heteroatoms. The van der Waals surface area contributed by atoms with E-state index < -0.39 is 10.9 Å². The quantitative estimate of drug-likeness (QED) is 0.629. The Balaban J connectivity index is 2.00. The summed E-state index contributed by atoms with van der Waals surface area (Å²) in [6, 6.07) is 12.1. The zero-order chi connectivity index (χ0) is 16.8. The van der Waals surface area contributed by atoms with Gasteiger partial charge in [-0.2, -0.15) is 0 Å². The van der Waals surface area contributed by atoms with E-state index in [1.54, 1.807) is 24.3 Å². The maximum atomic E-state index is 11.9. The zero-order valence-corrected chi connectivity index (χ0v) is 12.1. The van der Waals surface area contributed by atoms with Gasteiger partial charge in [0.1, 0.15) is 0 Å². The number of nitrogens with one attached hydrogen (secondary N) is 1. The maximum absolute atomic E-state index is 11.9. The number of rotatable bonds is 6. The number of carbonyl (C=O) groups excluding carboxylic acids is 1. The lowest BCUT2D eigenvalue weighted by Gasteiger charge is -2.06. The molecule has 0 aliphatic rings. The van der Waals surface area contributed by atoms with Crippen molar-refractivity contribution in [2.75, 3.05) is 5.32 Å². The van der Waals surface area contributed by atoms with Crippen LogP contribution in [-0.4, -0.2) is 21.9 Å².